The monoisotopic (exact) mass is 257 g/mol. The summed E-state index contributed by atoms with van der Waals surface area (Å²) in [4.78, 5) is 22.9. The van der Waals surface area contributed by atoms with Gasteiger partial charge in [0.2, 0.25) is 5.91 Å². The third-order valence-corrected chi connectivity index (χ3v) is 3.45. The quantitative estimate of drug-likeness (QED) is 0.739. The maximum Gasteiger partial charge on any atom is 0.264 e. The highest BCUT2D eigenvalue weighted by Gasteiger charge is 2.32. The van der Waals surface area contributed by atoms with Gasteiger partial charge < -0.3 is 0 Å². The minimum absolute atomic E-state index is 0.207. The Balaban J connectivity index is 2.08. The smallest absolute Gasteiger partial charge is 0.264 e. The molecule has 3 rings (SSSR count). The molecule has 19 heavy (non-hydrogen) atoms. The Labute approximate surface area is 111 Å². The van der Waals surface area contributed by atoms with E-state index in [1.807, 2.05) is 18.2 Å². The van der Waals surface area contributed by atoms with Crippen LogP contribution in [0.25, 0.3) is 0 Å². The van der Waals surface area contributed by atoms with Crippen LogP contribution in [0.3, 0.4) is 0 Å². The number of amides is 2. The van der Waals surface area contributed by atoms with Crippen molar-refractivity contribution in [1.82, 2.24) is 16.0 Å². The Morgan fingerprint density at radius 3 is 3.11 bits per heavy atom. The summed E-state index contributed by atoms with van der Waals surface area (Å²) in [7, 11) is 0. The van der Waals surface area contributed by atoms with Gasteiger partial charge in [-0.25, -0.2) is 10.9 Å². The van der Waals surface area contributed by atoms with Gasteiger partial charge in [-0.2, -0.15) is 5.12 Å². The second kappa shape index (κ2) is 4.42. The summed E-state index contributed by atoms with van der Waals surface area (Å²) in [5.74, 6) is -0.0719. The number of allylic oxidation sites excluding steroid dienone is 6. The Morgan fingerprint density at radius 1 is 1.47 bits per heavy atom. The van der Waals surface area contributed by atoms with E-state index in [-0.39, 0.29) is 11.8 Å². The van der Waals surface area contributed by atoms with Crippen LogP contribution >= 0.6 is 0 Å². The Kier molecular flexibility index (Phi) is 2.74. The van der Waals surface area contributed by atoms with Gasteiger partial charge in [-0.15, -0.1) is 0 Å². The van der Waals surface area contributed by atoms with Gasteiger partial charge in [0.15, 0.2) is 0 Å². The van der Waals surface area contributed by atoms with E-state index in [1.54, 1.807) is 6.08 Å². The first kappa shape index (κ1) is 11.8. The van der Waals surface area contributed by atoms with E-state index in [0.717, 1.165) is 29.7 Å². The van der Waals surface area contributed by atoms with Gasteiger partial charge in [-0.05, 0) is 24.0 Å². The predicted molar refractivity (Wildman–Crippen MR) is 69.9 cm³/mol. The molecule has 0 aromatic rings. The van der Waals surface area contributed by atoms with E-state index in [2.05, 4.69) is 16.9 Å². The van der Waals surface area contributed by atoms with Gasteiger partial charge in [0.05, 0.1) is 5.70 Å². The van der Waals surface area contributed by atoms with Crippen molar-refractivity contribution in [3.8, 4) is 0 Å². The standard InChI is InChI=1S/C14H15N3O2/c1-9(18)15-17-14-11(8-13(19)16-17)7-6-10-4-2-3-5-12(10)14/h2-5,8,10H,6-7H2,1H3,(H,15,18)(H,16,19). The number of nitrogens with one attached hydrogen (secondary N) is 2. The third kappa shape index (κ3) is 2.07. The van der Waals surface area contributed by atoms with Gasteiger partial charge >= 0.3 is 0 Å². The number of hydrazine groups is 2. The summed E-state index contributed by atoms with van der Waals surface area (Å²) in [5.41, 5.74) is 8.30. The van der Waals surface area contributed by atoms with E-state index >= 15 is 0 Å². The normalized spacial score (nSPS) is 24.5. The number of nitrogens with zero attached hydrogens (tertiary/aromatic N) is 1. The summed E-state index contributed by atoms with van der Waals surface area (Å²) in [6.07, 6.45) is 11.7. The van der Waals surface area contributed by atoms with Gasteiger partial charge in [0.25, 0.3) is 5.91 Å². The number of hydrogen-bond donors (Lipinski definition) is 2. The highest BCUT2D eigenvalue weighted by Crippen LogP contribution is 2.38. The van der Waals surface area contributed by atoms with Crippen LogP contribution in [-0.2, 0) is 9.59 Å². The van der Waals surface area contributed by atoms with Gasteiger partial charge in [0.1, 0.15) is 0 Å². The zero-order valence-electron chi connectivity index (χ0n) is 10.6. The second-order valence-corrected chi connectivity index (χ2v) is 4.84. The molecule has 1 heterocycles. The molecule has 1 unspecified atom stereocenters. The molecular weight excluding hydrogens is 242 g/mol. The van der Waals surface area contributed by atoms with E-state index in [0.29, 0.717) is 5.92 Å². The molecule has 1 aliphatic heterocycles. The second-order valence-electron chi connectivity index (χ2n) is 4.84. The molecule has 98 valence electrons. The fraction of sp³-hybridized carbons (Fsp3) is 0.286. The summed E-state index contributed by atoms with van der Waals surface area (Å²) in [6, 6.07) is 0. The lowest BCUT2D eigenvalue weighted by Crippen LogP contribution is -2.54. The van der Waals surface area contributed by atoms with Crippen molar-refractivity contribution in [3.05, 3.63) is 47.2 Å². The van der Waals surface area contributed by atoms with Crippen molar-refractivity contribution in [2.45, 2.75) is 19.8 Å². The van der Waals surface area contributed by atoms with Crippen LogP contribution in [-0.4, -0.2) is 16.9 Å². The fourth-order valence-electron chi connectivity index (χ4n) is 2.72. The Hall–Kier alpha value is -2.30. The highest BCUT2D eigenvalue weighted by molar-refractivity contribution is 5.90. The van der Waals surface area contributed by atoms with Gasteiger partial charge in [-0.1, -0.05) is 24.3 Å². The average molecular weight is 257 g/mol. The molecule has 0 aromatic heterocycles. The first-order valence-electron chi connectivity index (χ1n) is 6.33. The van der Waals surface area contributed by atoms with E-state index in [4.69, 9.17) is 0 Å². The molecule has 1 atom stereocenters. The molecule has 2 amide bonds. The number of fused-ring (bicyclic) bond motifs is 2. The largest absolute Gasteiger partial charge is 0.274 e. The molecule has 5 nitrogen and oxygen atoms in total. The maximum atomic E-state index is 11.6. The van der Waals surface area contributed by atoms with Crippen LogP contribution in [0.4, 0.5) is 0 Å². The number of rotatable bonds is 1. The summed E-state index contributed by atoms with van der Waals surface area (Å²) < 4.78 is 0. The molecule has 0 aromatic carbocycles. The van der Waals surface area contributed by atoms with Crippen molar-refractivity contribution in [2.24, 2.45) is 5.92 Å². The van der Waals surface area contributed by atoms with Crippen LogP contribution in [0.2, 0.25) is 0 Å². The Morgan fingerprint density at radius 2 is 2.32 bits per heavy atom. The molecule has 0 saturated carbocycles. The number of carbonyl (C=O) groups is 2. The van der Waals surface area contributed by atoms with Crippen LogP contribution in [0, 0.1) is 5.92 Å². The van der Waals surface area contributed by atoms with Crippen LogP contribution in [0.1, 0.15) is 19.8 Å². The molecule has 2 aliphatic carbocycles. The van der Waals surface area contributed by atoms with E-state index in [1.165, 1.54) is 12.0 Å². The molecule has 3 aliphatic rings. The van der Waals surface area contributed by atoms with Crippen LogP contribution in [0.5, 0.6) is 0 Å². The average Bonchev–Trinajstić information content (AvgIpc) is 2.37. The molecule has 0 radical (unpaired) electrons. The van der Waals surface area contributed by atoms with Gasteiger partial charge in [0, 0.05) is 18.9 Å². The van der Waals surface area contributed by atoms with Crippen molar-refractivity contribution in [2.75, 3.05) is 0 Å². The zero-order chi connectivity index (χ0) is 13.4. The number of hydrogen-bond acceptors (Lipinski definition) is 3. The Bertz CT molecular complexity index is 569. The van der Waals surface area contributed by atoms with E-state index < -0.39 is 0 Å². The molecule has 0 fully saturated rings. The van der Waals surface area contributed by atoms with Crippen molar-refractivity contribution < 1.29 is 9.59 Å². The molecule has 2 N–H and O–H groups in total. The van der Waals surface area contributed by atoms with E-state index in [9.17, 15) is 9.59 Å². The SMILES string of the molecule is CC(=O)NN1NC(=O)C=C2CCC3C=CC=CC3=C21. The first-order valence-corrected chi connectivity index (χ1v) is 6.33. The predicted octanol–water partition coefficient (Wildman–Crippen LogP) is 1.10. The minimum atomic E-state index is -0.216. The lowest BCUT2D eigenvalue weighted by atomic mass is 9.80. The van der Waals surface area contributed by atoms with Crippen molar-refractivity contribution >= 4 is 11.8 Å². The van der Waals surface area contributed by atoms with Crippen molar-refractivity contribution in [3.63, 3.8) is 0 Å². The van der Waals surface area contributed by atoms with Crippen molar-refractivity contribution in [1.29, 1.82) is 0 Å². The number of carbonyl (C=O) groups excluding carboxylic acids is 2. The summed E-state index contributed by atoms with van der Waals surface area (Å²) in [5, 5.41) is 1.45. The third-order valence-electron chi connectivity index (χ3n) is 3.45. The minimum Gasteiger partial charge on any atom is -0.274 e. The lowest BCUT2D eigenvalue weighted by molar-refractivity contribution is -0.128. The molecule has 0 saturated heterocycles. The summed E-state index contributed by atoms with van der Waals surface area (Å²) in [6.45, 7) is 1.42. The lowest BCUT2D eigenvalue weighted by Gasteiger charge is -2.38. The topological polar surface area (TPSA) is 61.4 Å². The van der Waals surface area contributed by atoms with Gasteiger partial charge in [-0.3, -0.25) is 9.59 Å². The molecule has 0 spiro atoms. The molecular formula is C14H15N3O2. The zero-order valence-corrected chi connectivity index (χ0v) is 10.6. The van der Waals surface area contributed by atoms with Crippen LogP contribution < -0.4 is 10.9 Å². The summed E-state index contributed by atoms with van der Waals surface area (Å²) >= 11 is 0. The fourth-order valence-corrected chi connectivity index (χ4v) is 2.72. The first-order chi connectivity index (χ1) is 9.15. The highest BCUT2D eigenvalue weighted by atomic mass is 16.2. The molecule has 0 bridgehead atoms. The maximum absolute atomic E-state index is 11.6. The molecule has 5 heteroatoms. The van der Waals surface area contributed by atoms with Crippen LogP contribution in [0.15, 0.2) is 47.2 Å².